The van der Waals surface area contributed by atoms with Crippen LogP contribution in [0.15, 0.2) is 18.3 Å². The van der Waals surface area contributed by atoms with Gasteiger partial charge < -0.3 is 15.4 Å². The summed E-state index contributed by atoms with van der Waals surface area (Å²) in [5.74, 6) is -0.255. The molecule has 1 aliphatic carbocycles. The van der Waals surface area contributed by atoms with Crippen molar-refractivity contribution < 1.29 is 31.8 Å². The van der Waals surface area contributed by atoms with Crippen LogP contribution in [0.4, 0.5) is 34.0 Å². The van der Waals surface area contributed by atoms with E-state index in [4.69, 9.17) is 4.74 Å². The lowest BCUT2D eigenvalue weighted by atomic mass is 10.0. The number of hydrogen-bond donors (Lipinski definition) is 3. The van der Waals surface area contributed by atoms with Crippen LogP contribution in [0.25, 0.3) is 5.52 Å². The second-order valence-corrected chi connectivity index (χ2v) is 8.49. The molecule has 0 radical (unpaired) electrons. The third-order valence-corrected chi connectivity index (χ3v) is 5.41. The third kappa shape index (κ3) is 5.82. The minimum Gasteiger partial charge on any atom is -0.443 e. The van der Waals surface area contributed by atoms with Crippen LogP contribution in [0.3, 0.4) is 0 Å². The van der Waals surface area contributed by atoms with Crippen LogP contribution in [-0.2, 0) is 16.1 Å². The molecule has 3 aromatic heterocycles. The molecule has 4 rings (SSSR count). The summed E-state index contributed by atoms with van der Waals surface area (Å²) < 4.78 is 62.4. The number of amides is 1. The lowest BCUT2D eigenvalue weighted by Gasteiger charge is -2.18. The Morgan fingerprint density at radius 3 is 2.83 bits per heavy atom. The molecule has 192 valence electrons. The van der Waals surface area contributed by atoms with E-state index in [9.17, 15) is 23.2 Å². The number of aromatic nitrogens is 5. The van der Waals surface area contributed by atoms with E-state index >= 15 is 4.39 Å². The zero-order valence-corrected chi connectivity index (χ0v) is 19.1. The Bertz CT molecular complexity index is 1280. The fourth-order valence-corrected chi connectivity index (χ4v) is 3.91. The molecule has 36 heavy (non-hydrogen) atoms. The number of H-pyrrole nitrogens is 1. The highest BCUT2D eigenvalue weighted by Gasteiger charge is 2.41. The van der Waals surface area contributed by atoms with Crippen molar-refractivity contribution >= 4 is 23.2 Å². The summed E-state index contributed by atoms with van der Waals surface area (Å²) in [6.07, 6.45) is -5.84. The molecule has 0 unspecified atom stereocenters. The molecule has 3 atom stereocenters. The second-order valence-electron chi connectivity index (χ2n) is 8.49. The van der Waals surface area contributed by atoms with Crippen LogP contribution in [0.2, 0.25) is 0 Å². The van der Waals surface area contributed by atoms with Gasteiger partial charge >= 0.3 is 12.5 Å². The molecule has 3 N–H and O–H groups in total. The summed E-state index contributed by atoms with van der Waals surface area (Å²) in [5, 5.41) is 25.6. The molecule has 11 nitrogen and oxygen atoms in total. The van der Waals surface area contributed by atoms with E-state index in [0.717, 1.165) is 0 Å². The van der Waals surface area contributed by atoms with Gasteiger partial charge in [-0.2, -0.15) is 15.5 Å². The number of alkyl halides is 4. The van der Waals surface area contributed by atoms with Crippen molar-refractivity contribution in [1.29, 1.82) is 5.26 Å². The molecular formula is C21H22F4N8O3. The number of aromatic amines is 1. The zero-order chi connectivity index (χ0) is 26.0. The molecule has 3 aromatic rings. The average molecular weight is 510 g/mol. The minimum absolute atomic E-state index is 0.0336. The number of hydrogen-bond acceptors (Lipinski definition) is 8. The summed E-state index contributed by atoms with van der Waals surface area (Å²) in [6.45, 7) is 2.71. The summed E-state index contributed by atoms with van der Waals surface area (Å²) in [4.78, 5) is 16.0. The number of anilines is 2. The van der Waals surface area contributed by atoms with Gasteiger partial charge in [-0.3, -0.25) is 9.84 Å². The Morgan fingerprint density at radius 2 is 2.14 bits per heavy atom. The zero-order valence-electron chi connectivity index (χ0n) is 19.1. The maximum atomic E-state index is 15.0. The van der Waals surface area contributed by atoms with E-state index in [2.05, 4.69) is 35.7 Å². The largest absolute Gasteiger partial charge is 0.522 e. The van der Waals surface area contributed by atoms with Crippen LogP contribution in [0, 0.1) is 11.3 Å². The van der Waals surface area contributed by atoms with E-state index in [1.54, 1.807) is 19.9 Å². The minimum atomic E-state index is -4.82. The van der Waals surface area contributed by atoms with Gasteiger partial charge in [0.2, 0.25) is 0 Å². The monoisotopic (exact) mass is 510 g/mol. The molecule has 0 bridgehead atoms. The van der Waals surface area contributed by atoms with Gasteiger partial charge in [-0.05, 0) is 32.8 Å². The number of rotatable bonds is 7. The fraction of sp³-hybridized carbons (Fsp3) is 0.476. The van der Waals surface area contributed by atoms with E-state index in [0.29, 0.717) is 18.5 Å². The highest BCUT2D eigenvalue weighted by Crippen LogP contribution is 2.38. The first kappa shape index (κ1) is 25.2. The van der Waals surface area contributed by atoms with Gasteiger partial charge in [0.1, 0.15) is 30.5 Å². The highest BCUT2D eigenvalue weighted by atomic mass is 19.4. The lowest BCUT2D eigenvalue weighted by molar-refractivity contribution is -0.330. The highest BCUT2D eigenvalue weighted by molar-refractivity contribution is 5.73. The SMILES string of the molecule is CC(C)NC(=O)O[C@@H]1CC[C@H](c2cc(Nc3nc(C#N)cn4nc(COC(F)(F)F)cc34)n[nH]2)[C@@H]1F. The number of ether oxygens (including phenoxy) is 2. The molecule has 15 heteroatoms. The Balaban J connectivity index is 1.49. The third-order valence-electron chi connectivity index (χ3n) is 5.41. The molecule has 0 aromatic carbocycles. The smallest absolute Gasteiger partial charge is 0.443 e. The number of carbonyl (C=O) groups excluding carboxylic acids is 1. The number of fused-ring (bicyclic) bond motifs is 1. The molecular weight excluding hydrogens is 488 g/mol. The summed E-state index contributed by atoms with van der Waals surface area (Å²) in [7, 11) is 0. The standard InChI is InChI=1S/C21H22F4N8O3/c1-10(2)27-20(34)36-16-4-3-13(18(16)22)14-6-17(31-30-14)29-19-15-5-11(9-35-21(23,24)25)32-33(15)8-12(7-26)28-19/h5-6,8,10,13,16,18H,3-4,9H2,1-2H3,(H,27,34)(H2,28,29,30,31)/t13-,16-,18+/m1/s1. The van der Waals surface area contributed by atoms with E-state index < -0.39 is 37.3 Å². The maximum absolute atomic E-state index is 15.0. The van der Waals surface area contributed by atoms with Gasteiger partial charge in [0.25, 0.3) is 0 Å². The first-order valence-corrected chi connectivity index (χ1v) is 11.0. The van der Waals surface area contributed by atoms with Crippen molar-refractivity contribution in [3.63, 3.8) is 0 Å². The van der Waals surface area contributed by atoms with Crippen LogP contribution in [-0.4, -0.2) is 55.6 Å². The van der Waals surface area contributed by atoms with Gasteiger partial charge in [-0.25, -0.2) is 18.7 Å². The number of halogens is 4. The van der Waals surface area contributed by atoms with Gasteiger partial charge in [-0.1, -0.05) is 0 Å². The molecule has 1 fully saturated rings. The summed E-state index contributed by atoms with van der Waals surface area (Å²) >= 11 is 0. The summed E-state index contributed by atoms with van der Waals surface area (Å²) in [5.41, 5.74) is 0.647. The number of nitrogens with zero attached hydrogens (tertiary/aromatic N) is 5. The Morgan fingerprint density at radius 1 is 1.36 bits per heavy atom. The number of nitrogens with one attached hydrogen (secondary N) is 3. The lowest BCUT2D eigenvalue weighted by Crippen LogP contribution is -2.36. The predicted octanol–water partition coefficient (Wildman–Crippen LogP) is 3.82. The first-order chi connectivity index (χ1) is 17.0. The van der Waals surface area contributed by atoms with Gasteiger partial charge in [0.05, 0.1) is 11.9 Å². The Labute approximate surface area is 201 Å². The second kappa shape index (κ2) is 9.97. The first-order valence-electron chi connectivity index (χ1n) is 11.0. The van der Waals surface area contributed by atoms with Crippen molar-refractivity contribution in [2.75, 3.05) is 5.32 Å². The molecule has 0 saturated heterocycles. The quantitative estimate of drug-likeness (QED) is 0.407. The number of nitriles is 1. The van der Waals surface area contributed by atoms with Crippen LogP contribution < -0.4 is 10.6 Å². The molecule has 0 aliphatic heterocycles. The fourth-order valence-electron chi connectivity index (χ4n) is 3.91. The van der Waals surface area contributed by atoms with E-state index in [-0.39, 0.29) is 34.6 Å². The molecule has 3 heterocycles. The average Bonchev–Trinajstić information content (AvgIpc) is 3.50. The van der Waals surface area contributed by atoms with Crippen molar-refractivity contribution in [2.24, 2.45) is 0 Å². The molecule has 1 aliphatic rings. The molecule has 1 saturated carbocycles. The Hall–Kier alpha value is -3.93. The normalized spacial score (nSPS) is 20.0. The van der Waals surface area contributed by atoms with Gasteiger partial charge in [-0.15, -0.1) is 13.2 Å². The van der Waals surface area contributed by atoms with Crippen LogP contribution in [0.5, 0.6) is 0 Å². The van der Waals surface area contributed by atoms with Gasteiger partial charge in [0.15, 0.2) is 17.3 Å². The van der Waals surface area contributed by atoms with Crippen LogP contribution >= 0.6 is 0 Å². The topological polar surface area (TPSA) is 142 Å². The van der Waals surface area contributed by atoms with Gasteiger partial charge in [0, 0.05) is 23.7 Å². The van der Waals surface area contributed by atoms with Crippen molar-refractivity contribution in [2.45, 2.75) is 63.9 Å². The molecule has 0 spiro atoms. The van der Waals surface area contributed by atoms with Crippen molar-refractivity contribution in [3.05, 3.63) is 35.4 Å². The predicted molar refractivity (Wildman–Crippen MR) is 116 cm³/mol. The van der Waals surface area contributed by atoms with Crippen molar-refractivity contribution in [3.8, 4) is 6.07 Å². The van der Waals surface area contributed by atoms with Crippen molar-refractivity contribution in [1.82, 2.24) is 30.1 Å². The Kier molecular flexibility index (Phi) is 6.97. The number of alkyl carbamates (subject to hydrolysis) is 1. The molecule has 1 amide bonds. The van der Waals surface area contributed by atoms with E-state index in [1.165, 1.54) is 16.8 Å². The maximum Gasteiger partial charge on any atom is 0.522 e. The van der Waals surface area contributed by atoms with Crippen LogP contribution in [0.1, 0.15) is 49.7 Å². The number of carbonyl (C=O) groups is 1. The van der Waals surface area contributed by atoms with E-state index in [1.807, 2.05) is 6.07 Å². The summed E-state index contributed by atoms with van der Waals surface area (Å²) in [6, 6.07) is 4.59.